The predicted octanol–water partition coefficient (Wildman–Crippen LogP) is 4.88. The van der Waals surface area contributed by atoms with Crippen LogP contribution < -0.4 is 9.04 Å². The van der Waals surface area contributed by atoms with E-state index in [0.29, 0.717) is 23.0 Å². The van der Waals surface area contributed by atoms with E-state index in [2.05, 4.69) is 24.8 Å². The minimum Gasteiger partial charge on any atom is -0.489 e. The van der Waals surface area contributed by atoms with Gasteiger partial charge in [-0.3, -0.25) is 9.10 Å². The van der Waals surface area contributed by atoms with Crippen molar-refractivity contribution in [2.75, 3.05) is 36.3 Å². The standard InChI is InChI=1S/C28H34ClN3O5S/c1-4-36-28(33)20-38(34,35)32(14-6-9-22-7-5-8-23(17-22)19-30)24-10-11-27(26(29)18-24)37-25-12-15-31(16-13-25)21(2)3/h5-11,17-18,21,25H,4,12-16,20H2,1-3H3. The van der Waals surface area contributed by atoms with E-state index in [4.69, 9.17) is 26.3 Å². The van der Waals surface area contributed by atoms with Crippen LogP contribution in [-0.4, -0.2) is 63.4 Å². The van der Waals surface area contributed by atoms with Gasteiger partial charge < -0.3 is 14.4 Å². The minimum atomic E-state index is -4.09. The number of piperidine rings is 1. The normalized spacial score (nSPS) is 14.9. The lowest BCUT2D eigenvalue weighted by Crippen LogP contribution is -2.41. The van der Waals surface area contributed by atoms with Gasteiger partial charge in [-0.2, -0.15) is 5.26 Å². The van der Waals surface area contributed by atoms with Crippen molar-refractivity contribution in [3.63, 3.8) is 0 Å². The molecule has 3 rings (SSSR count). The van der Waals surface area contributed by atoms with E-state index in [0.717, 1.165) is 35.8 Å². The maximum absolute atomic E-state index is 13.2. The van der Waals surface area contributed by atoms with Crippen molar-refractivity contribution in [3.05, 3.63) is 64.7 Å². The minimum absolute atomic E-state index is 0.0316. The van der Waals surface area contributed by atoms with Gasteiger partial charge in [0.25, 0.3) is 0 Å². The predicted molar refractivity (Wildman–Crippen MR) is 150 cm³/mol. The Bertz CT molecular complexity index is 1280. The fourth-order valence-electron chi connectivity index (χ4n) is 4.24. The average Bonchev–Trinajstić information content (AvgIpc) is 2.88. The number of hydrogen-bond acceptors (Lipinski definition) is 7. The van der Waals surface area contributed by atoms with Crippen LogP contribution in [0.3, 0.4) is 0 Å². The summed E-state index contributed by atoms with van der Waals surface area (Å²) in [5.74, 6) is -1.14. The van der Waals surface area contributed by atoms with Crippen molar-refractivity contribution < 1.29 is 22.7 Å². The van der Waals surface area contributed by atoms with Gasteiger partial charge in [0.2, 0.25) is 10.0 Å². The summed E-state index contributed by atoms with van der Waals surface area (Å²) in [6.45, 7) is 7.89. The molecule has 1 heterocycles. The Kier molecular flexibility index (Phi) is 10.6. The van der Waals surface area contributed by atoms with E-state index in [1.807, 2.05) is 6.07 Å². The SMILES string of the molecule is CCOC(=O)CS(=O)(=O)N(CC=Cc1cccc(C#N)c1)c1ccc(OC2CCN(C(C)C)CC2)c(Cl)c1. The van der Waals surface area contributed by atoms with Gasteiger partial charge >= 0.3 is 5.97 Å². The molecule has 0 saturated carbocycles. The summed E-state index contributed by atoms with van der Waals surface area (Å²) in [5, 5.41) is 9.40. The summed E-state index contributed by atoms with van der Waals surface area (Å²) in [4.78, 5) is 14.4. The number of anilines is 1. The lowest BCUT2D eigenvalue weighted by Gasteiger charge is -2.34. The molecule has 10 heteroatoms. The number of benzene rings is 2. The fraction of sp³-hybridized carbons (Fsp3) is 0.429. The molecule has 1 aliphatic rings. The van der Waals surface area contributed by atoms with E-state index < -0.39 is 21.7 Å². The molecule has 1 saturated heterocycles. The number of hydrogen-bond donors (Lipinski definition) is 0. The van der Waals surface area contributed by atoms with Crippen molar-refractivity contribution in [2.45, 2.75) is 45.8 Å². The molecule has 1 aliphatic heterocycles. The molecule has 2 aromatic carbocycles. The van der Waals surface area contributed by atoms with E-state index in [-0.39, 0.29) is 24.3 Å². The number of ether oxygens (including phenoxy) is 2. The zero-order valence-corrected chi connectivity index (χ0v) is 23.5. The van der Waals surface area contributed by atoms with Crippen LogP contribution in [0.1, 0.15) is 44.7 Å². The Morgan fingerprint density at radius 3 is 2.61 bits per heavy atom. The second-order valence-electron chi connectivity index (χ2n) is 9.29. The zero-order valence-electron chi connectivity index (χ0n) is 22.0. The van der Waals surface area contributed by atoms with Gasteiger partial charge in [-0.25, -0.2) is 8.42 Å². The smallest absolute Gasteiger partial charge is 0.323 e. The third-order valence-corrected chi connectivity index (χ3v) is 8.17. The summed E-state index contributed by atoms with van der Waals surface area (Å²) >= 11 is 6.54. The first-order valence-electron chi connectivity index (χ1n) is 12.7. The maximum atomic E-state index is 13.2. The molecule has 204 valence electrons. The zero-order chi connectivity index (χ0) is 27.7. The first kappa shape index (κ1) is 29.5. The van der Waals surface area contributed by atoms with Crippen molar-refractivity contribution in [2.24, 2.45) is 0 Å². The molecule has 1 fully saturated rings. The van der Waals surface area contributed by atoms with Gasteiger partial charge in [0.1, 0.15) is 11.9 Å². The summed E-state index contributed by atoms with van der Waals surface area (Å²) in [6.07, 6.45) is 5.17. The third kappa shape index (κ3) is 8.22. The highest BCUT2D eigenvalue weighted by atomic mass is 35.5. The molecule has 0 N–H and O–H groups in total. The van der Waals surface area contributed by atoms with Crippen LogP contribution in [0.5, 0.6) is 5.75 Å². The van der Waals surface area contributed by atoms with Crippen LogP contribution in [0, 0.1) is 11.3 Å². The number of nitriles is 1. The molecule has 0 spiro atoms. The number of halogens is 1. The van der Waals surface area contributed by atoms with Crippen LogP contribution in [-0.2, 0) is 19.6 Å². The Hall–Kier alpha value is -3.06. The van der Waals surface area contributed by atoms with Gasteiger partial charge in [0.15, 0.2) is 5.75 Å². The summed E-state index contributed by atoms with van der Waals surface area (Å²) in [7, 11) is -4.09. The van der Waals surface area contributed by atoms with E-state index in [9.17, 15) is 13.2 Å². The molecule has 0 bridgehead atoms. The molecule has 0 aromatic heterocycles. The first-order chi connectivity index (χ1) is 18.1. The van der Waals surface area contributed by atoms with E-state index in [1.165, 1.54) is 6.07 Å². The summed E-state index contributed by atoms with van der Waals surface area (Å²) in [5.41, 5.74) is 1.55. The summed E-state index contributed by atoms with van der Waals surface area (Å²) < 4.78 is 38.6. The molecule has 8 nitrogen and oxygen atoms in total. The molecule has 0 amide bonds. The lowest BCUT2D eigenvalue weighted by atomic mass is 10.1. The van der Waals surface area contributed by atoms with Crippen LogP contribution in [0.4, 0.5) is 5.69 Å². The Labute approximate surface area is 230 Å². The monoisotopic (exact) mass is 559 g/mol. The topological polar surface area (TPSA) is 99.9 Å². The number of carbonyl (C=O) groups is 1. The summed E-state index contributed by atoms with van der Waals surface area (Å²) in [6, 6.07) is 14.3. The molecule has 38 heavy (non-hydrogen) atoms. The Morgan fingerprint density at radius 2 is 1.97 bits per heavy atom. The highest BCUT2D eigenvalue weighted by Crippen LogP contribution is 2.33. The second-order valence-corrected chi connectivity index (χ2v) is 11.6. The molecule has 0 atom stereocenters. The number of esters is 1. The lowest BCUT2D eigenvalue weighted by molar-refractivity contribution is -0.139. The third-order valence-electron chi connectivity index (χ3n) is 6.24. The van der Waals surface area contributed by atoms with Crippen LogP contribution in [0.2, 0.25) is 5.02 Å². The molecule has 0 radical (unpaired) electrons. The largest absolute Gasteiger partial charge is 0.489 e. The van der Waals surface area contributed by atoms with E-state index in [1.54, 1.807) is 49.4 Å². The van der Waals surface area contributed by atoms with Crippen LogP contribution in [0.15, 0.2) is 48.5 Å². The molecule has 0 aliphatic carbocycles. The first-order valence-corrected chi connectivity index (χ1v) is 14.6. The highest BCUT2D eigenvalue weighted by molar-refractivity contribution is 7.93. The molecule has 0 unspecified atom stereocenters. The number of nitrogens with zero attached hydrogens (tertiary/aromatic N) is 3. The molecule has 2 aromatic rings. The average molecular weight is 560 g/mol. The number of sulfonamides is 1. The second kappa shape index (κ2) is 13.7. The van der Waals surface area contributed by atoms with Crippen molar-refractivity contribution >= 4 is 39.4 Å². The Morgan fingerprint density at radius 1 is 1.24 bits per heavy atom. The maximum Gasteiger partial charge on any atom is 0.323 e. The van der Waals surface area contributed by atoms with Crippen LogP contribution >= 0.6 is 11.6 Å². The van der Waals surface area contributed by atoms with Gasteiger partial charge in [-0.15, -0.1) is 0 Å². The van der Waals surface area contributed by atoms with Gasteiger partial charge in [0.05, 0.1) is 35.5 Å². The fourth-order valence-corrected chi connectivity index (χ4v) is 5.74. The number of rotatable bonds is 11. The van der Waals surface area contributed by atoms with Crippen molar-refractivity contribution in [3.8, 4) is 11.8 Å². The number of likely N-dealkylation sites (tertiary alicyclic amines) is 1. The van der Waals surface area contributed by atoms with Gasteiger partial charge in [-0.1, -0.05) is 35.9 Å². The van der Waals surface area contributed by atoms with Crippen LogP contribution in [0.25, 0.3) is 6.08 Å². The Balaban J connectivity index is 1.81. The van der Waals surface area contributed by atoms with Gasteiger partial charge in [-0.05, 0) is 69.5 Å². The highest BCUT2D eigenvalue weighted by Gasteiger charge is 2.27. The van der Waals surface area contributed by atoms with E-state index >= 15 is 0 Å². The molecular formula is C28H34ClN3O5S. The van der Waals surface area contributed by atoms with Gasteiger partial charge in [0, 0.05) is 19.1 Å². The van der Waals surface area contributed by atoms with Crippen molar-refractivity contribution in [1.82, 2.24) is 4.90 Å². The van der Waals surface area contributed by atoms with Crippen molar-refractivity contribution in [1.29, 1.82) is 5.26 Å². The quantitative estimate of drug-likeness (QED) is 0.362. The molecular weight excluding hydrogens is 526 g/mol. The number of carbonyl (C=O) groups excluding carboxylic acids is 1.